The highest BCUT2D eigenvalue weighted by Gasteiger charge is 2.24. The molecule has 29 heavy (non-hydrogen) atoms. The van der Waals surface area contributed by atoms with Crippen LogP contribution >= 0.6 is 0 Å². The number of carbonyl (C=O) groups is 2. The first-order chi connectivity index (χ1) is 13.6. The fourth-order valence-electron chi connectivity index (χ4n) is 2.76. The van der Waals surface area contributed by atoms with Crippen LogP contribution in [0.4, 0.5) is 0 Å². The number of ketones is 1. The van der Waals surface area contributed by atoms with Crippen molar-refractivity contribution in [1.82, 2.24) is 4.72 Å². The van der Waals surface area contributed by atoms with Gasteiger partial charge in [0.15, 0.2) is 6.10 Å². The number of nitrogens with one attached hydrogen (secondary N) is 1. The van der Waals surface area contributed by atoms with E-state index in [1.165, 1.54) is 31.2 Å². The van der Waals surface area contributed by atoms with Crippen LogP contribution in [0.15, 0.2) is 41.3 Å². The van der Waals surface area contributed by atoms with E-state index in [0.717, 1.165) is 16.7 Å². The molecule has 7 nitrogen and oxygen atoms in total. The molecule has 0 aromatic heterocycles. The number of rotatable bonds is 7. The summed E-state index contributed by atoms with van der Waals surface area (Å²) >= 11 is 0. The summed E-state index contributed by atoms with van der Waals surface area (Å²) in [7, 11) is -4.08. The zero-order valence-corrected chi connectivity index (χ0v) is 17.5. The highest BCUT2D eigenvalue weighted by molar-refractivity contribution is 7.89. The van der Waals surface area contributed by atoms with Crippen molar-refractivity contribution >= 4 is 21.8 Å². The Hall–Kier alpha value is -3.02. The van der Waals surface area contributed by atoms with E-state index in [9.17, 15) is 18.0 Å². The predicted molar refractivity (Wildman–Crippen MR) is 107 cm³/mol. The maximum Gasteiger partial charge on any atom is 0.321 e. The average molecular weight is 414 g/mol. The first-order valence-corrected chi connectivity index (χ1v) is 10.4. The van der Waals surface area contributed by atoms with Gasteiger partial charge in [0.25, 0.3) is 0 Å². The quantitative estimate of drug-likeness (QED) is 0.550. The Kier molecular flexibility index (Phi) is 6.90. The number of nitriles is 1. The SMILES string of the molecule is Cc1cc(C)c(C(=O)[C@H](C)OC(=O)CNS(=O)(=O)c2ccccc2C#N)cc1C. The molecule has 8 heteroatoms. The van der Waals surface area contributed by atoms with Crippen LogP contribution in [0.3, 0.4) is 0 Å². The highest BCUT2D eigenvalue weighted by Crippen LogP contribution is 2.18. The van der Waals surface area contributed by atoms with Crippen LogP contribution in [0.5, 0.6) is 0 Å². The van der Waals surface area contributed by atoms with Crippen LogP contribution in [0.1, 0.15) is 39.5 Å². The number of hydrogen-bond donors (Lipinski definition) is 1. The number of benzene rings is 2. The summed E-state index contributed by atoms with van der Waals surface area (Å²) in [5.41, 5.74) is 3.19. The molecule has 0 bridgehead atoms. The molecule has 0 aliphatic rings. The molecule has 0 saturated heterocycles. The Balaban J connectivity index is 2.05. The van der Waals surface area contributed by atoms with Gasteiger partial charge < -0.3 is 4.74 Å². The fourth-order valence-corrected chi connectivity index (χ4v) is 3.89. The van der Waals surface area contributed by atoms with E-state index in [4.69, 9.17) is 10.00 Å². The van der Waals surface area contributed by atoms with Crippen molar-refractivity contribution in [2.45, 2.75) is 38.7 Å². The third-order valence-corrected chi connectivity index (χ3v) is 5.95. The number of Topliss-reactive ketones (excluding diaryl/α,β-unsaturated/α-hetero) is 1. The van der Waals surface area contributed by atoms with Crippen LogP contribution in [-0.2, 0) is 19.6 Å². The zero-order chi connectivity index (χ0) is 21.8. The largest absolute Gasteiger partial charge is 0.453 e. The van der Waals surface area contributed by atoms with Crippen molar-refractivity contribution in [3.63, 3.8) is 0 Å². The molecule has 0 radical (unpaired) electrons. The van der Waals surface area contributed by atoms with E-state index in [0.29, 0.717) is 5.56 Å². The van der Waals surface area contributed by atoms with Gasteiger partial charge in [-0.1, -0.05) is 18.2 Å². The molecule has 0 saturated carbocycles. The van der Waals surface area contributed by atoms with E-state index < -0.39 is 28.6 Å². The van der Waals surface area contributed by atoms with E-state index in [1.54, 1.807) is 19.1 Å². The summed E-state index contributed by atoms with van der Waals surface area (Å²) in [5, 5.41) is 9.04. The number of carbonyl (C=O) groups excluding carboxylic acids is 2. The van der Waals surface area contributed by atoms with Crippen molar-refractivity contribution in [2.24, 2.45) is 0 Å². The molecule has 0 aliphatic heterocycles. The van der Waals surface area contributed by atoms with Crippen molar-refractivity contribution < 1.29 is 22.7 Å². The predicted octanol–water partition coefficient (Wildman–Crippen LogP) is 2.58. The van der Waals surface area contributed by atoms with Crippen LogP contribution < -0.4 is 4.72 Å². The standard InChI is InChI=1S/C21H22N2O5S/c1-13-9-15(3)18(10-14(13)2)21(25)16(4)28-20(24)12-23-29(26,27)19-8-6-5-7-17(19)11-22/h5-10,16,23H,12H2,1-4H3/t16-/m0/s1. The highest BCUT2D eigenvalue weighted by atomic mass is 32.2. The second kappa shape index (κ2) is 8.99. The monoisotopic (exact) mass is 414 g/mol. The Morgan fingerprint density at radius 3 is 2.38 bits per heavy atom. The molecule has 0 spiro atoms. The Morgan fingerprint density at radius 2 is 1.72 bits per heavy atom. The topological polar surface area (TPSA) is 113 Å². The number of esters is 1. The van der Waals surface area contributed by atoms with Gasteiger partial charge in [0.1, 0.15) is 12.6 Å². The van der Waals surface area contributed by atoms with Crippen molar-refractivity contribution in [3.8, 4) is 6.07 Å². The lowest BCUT2D eigenvalue weighted by atomic mass is 9.96. The maximum atomic E-state index is 12.6. The van der Waals surface area contributed by atoms with Gasteiger partial charge in [-0.2, -0.15) is 9.98 Å². The molecular formula is C21H22N2O5S. The van der Waals surface area contributed by atoms with Gasteiger partial charge in [0, 0.05) is 5.56 Å². The lowest BCUT2D eigenvalue weighted by Crippen LogP contribution is -2.34. The molecule has 152 valence electrons. The summed E-state index contributed by atoms with van der Waals surface area (Å²) in [6, 6.07) is 11.1. The molecule has 2 rings (SSSR count). The lowest BCUT2D eigenvalue weighted by Gasteiger charge is -2.15. The second-order valence-electron chi connectivity index (χ2n) is 6.68. The Morgan fingerprint density at radius 1 is 1.10 bits per heavy atom. The van der Waals surface area contributed by atoms with Crippen LogP contribution in [0.25, 0.3) is 0 Å². The van der Waals surface area contributed by atoms with Crippen LogP contribution in [-0.4, -0.2) is 32.8 Å². The number of hydrogen-bond acceptors (Lipinski definition) is 6. The fraction of sp³-hybridized carbons (Fsp3) is 0.286. The minimum Gasteiger partial charge on any atom is -0.453 e. The smallest absolute Gasteiger partial charge is 0.321 e. The normalized spacial score (nSPS) is 12.1. The summed E-state index contributed by atoms with van der Waals surface area (Å²) in [6.07, 6.45) is -1.07. The number of nitrogens with zero attached hydrogens (tertiary/aromatic N) is 1. The first-order valence-electron chi connectivity index (χ1n) is 8.87. The van der Waals surface area contributed by atoms with Gasteiger partial charge in [-0.25, -0.2) is 8.42 Å². The van der Waals surface area contributed by atoms with Gasteiger partial charge in [-0.05, 0) is 62.6 Å². The summed E-state index contributed by atoms with van der Waals surface area (Å²) in [4.78, 5) is 24.4. The van der Waals surface area contributed by atoms with Crippen LogP contribution in [0, 0.1) is 32.1 Å². The van der Waals surface area contributed by atoms with E-state index >= 15 is 0 Å². The molecule has 1 N–H and O–H groups in total. The Bertz CT molecular complexity index is 1100. The molecule has 0 aliphatic carbocycles. The van der Waals surface area contributed by atoms with E-state index in [-0.39, 0.29) is 16.2 Å². The summed E-state index contributed by atoms with van der Waals surface area (Å²) in [5.74, 6) is -1.26. The van der Waals surface area contributed by atoms with Crippen molar-refractivity contribution in [1.29, 1.82) is 5.26 Å². The van der Waals surface area contributed by atoms with Gasteiger partial charge in [-0.3, -0.25) is 9.59 Å². The summed E-state index contributed by atoms with van der Waals surface area (Å²) < 4.78 is 31.9. The summed E-state index contributed by atoms with van der Waals surface area (Å²) in [6.45, 7) is 6.40. The minimum absolute atomic E-state index is 0.0397. The van der Waals surface area contributed by atoms with Gasteiger partial charge in [-0.15, -0.1) is 0 Å². The average Bonchev–Trinajstić information content (AvgIpc) is 2.68. The van der Waals surface area contributed by atoms with E-state index in [2.05, 4.69) is 4.72 Å². The zero-order valence-electron chi connectivity index (χ0n) is 16.6. The van der Waals surface area contributed by atoms with E-state index in [1.807, 2.05) is 19.9 Å². The third kappa shape index (κ3) is 5.28. The Labute approximate surface area is 170 Å². The molecule has 0 fully saturated rings. The molecule has 0 amide bonds. The molecule has 1 atom stereocenters. The van der Waals surface area contributed by atoms with Crippen molar-refractivity contribution in [3.05, 3.63) is 64.2 Å². The van der Waals surface area contributed by atoms with Gasteiger partial charge >= 0.3 is 5.97 Å². The van der Waals surface area contributed by atoms with Crippen LogP contribution in [0.2, 0.25) is 0 Å². The molecule has 2 aromatic carbocycles. The maximum absolute atomic E-state index is 12.6. The second-order valence-corrected chi connectivity index (χ2v) is 8.42. The number of ether oxygens (including phenoxy) is 1. The molecular weight excluding hydrogens is 392 g/mol. The first kappa shape index (κ1) is 22.3. The molecule has 0 unspecified atom stereocenters. The minimum atomic E-state index is -4.08. The molecule has 2 aromatic rings. The number of sulfonamides is 1. The third-order valence-electron chi connectivity index (χ3n) is 4.49. The van der Waals surface area contributed by atoms with Gasteiger partial charge in [0.05, 0.1) is 10.5 Å². The number of aryl methyl sites for hydroxylation is 3. The van der Waals surface area contributed by atoms with Crippen molar-refractivity contribution in [2.75, 3.05) is 6.54 Å². The van der Waals surface area contributed by atoms with Gasteiger partial charge in [0.2, 0.25) is 15.8 Å². The lowest BCUT2D eigenvalue weighted by molar-refractivity contribution is -0.144. The molecule has 0 heterocycles.